The van der Waals surface area contributed by atoms with Crippen molar-refractivity contribution in [1.82, 2.24) is 15.5 Å². The van der Waals surface area contributed by atoms with Gasteiger partial charge in [-0.05, 0) is 64.8 Å². The summed E-state index contributed by atoms with van der Waals surface area (Å²) in [6, 6.07) is 3.84. The number of urea groups is 1. The van der Waals surface area contributed by atoms with Crippen LogP contribution in [0.1, 0.15) is 57.1 Å². The summed E-state index contributed by atoms with van der Waals surface area (Å²) in [5, 5.41) is 15.1. The molecule has 24 heavy (non-hydrogen) atoms. The summed E-state index contributed by atoms with van der Waals surface area (Å²) in [5.74, 6) is 1.79. The largest absolute Gasteiger partial charge is 0.465 e. The Kier molecular flexibility index (Phi) is 6.69. The summed E-state index contributed by atoms with van der Waals surface area (Å²) in [6.45, 7) is 8.54. The number of nitrogens with one attached hydrogen (secondary N) is 2. The highest BCUT2D eigenvalue weighted by atomic mass is 16.3. The minimum absolute atomic E-state index is 0.0622. The van der Waals surface area contributed by atoms with Crippen LogP contribution in [0.15, 0.2) is 16.5 Å². The van der Waals surface area contributed by atoms with Gasteiger partial charge in [0.05, 0.1) is 6.04 Å². The van der Waals surface area contributed by atoms with E-state index < -0.39 is 0 Å². The van der Waals surface area contributed by atoms with Gasteiger partial charge in [-0.25, -0.2) is 4.79 Å². The maximum absolute atomic E-state index is 12.3. The number of carbonyl (C=O) groups excluding carboxylic acids is 1. The molecule has 0 aliphatic carbocycles. The second kappa shape index (κ2) is 8.53. The lowest BCUT2D eigenvalue weighted by Gasteiger charge is -2.30. The van der Waals surface area contributed by atoms with Crippen molar-refractivity contribution in [3.05, 3.63) is 23.7 Å². The predicted octanol–water partition coefficient (Wildman–Crippen LogP) is 2.58. The first-order valence-electron chi connectivity index (χ1n) is 8.94. The van der Waals surface area contributed by atoms with E-state index in [1.54, 1.807) is 0 Å². The maximum atomic E-state index is 12.3. The van der Waals surface area contributed by atoms with Gasteiger partial charge in [0.25, 0.3) is 0 Å². The molecule has 6 heteroatoms. The molecule has 136 valence electrons. The van der Waals surface area contributed by atoms with Gasteiger partial charge < -0.3 is 20.2 Å². The first-order valence-corrected chi connectivity index (χ1v) is 8.94. The van der Waals surface area contributed by atoms with Gasteiger partial charge in [-0.2, -0.15) is 0 Å². The molecule has 0 radical (unpaired) electrons. The van der Waals surface area contributed by atoms with Gasteiger partial charge >= 0.3 is 6.03 Å². The standard InChI is InChI=1S/C18H31N3O3/c1-4-18(3,9-12-22)20-17(23)19-13-15(21-10-5-6-11-21)16-8-7-14(2)24-16/h7-8,15,22H,4-6,9-13H2,1-3H3,(H2,19,20,23). The Balaban J connectivity index is 1.96. The lowest BCUT2D eigenvalue weighted by atomic mass is 9.95. The van der Waals surface area contributed by atoms with Gasteiger partial charge in [0, 0.05) is 18.7 Å². The maximum Gasteiger partial charge on any atom is 0.315 e. The average Bonchev–Trinajstić information content (AvgIpc) is 3.20. The van der Waals surface area contributed by atoms with E-state index in [2.05, 4.69) is 15.5 Å². The Hall–Kier alpha value is -1.53. The molecular formula is C18H31N3O3. The van der Waals surface area contributed by atoms with Crippen molar-refractivity contribution in [2.24, 2.45) is 0 Å². The monoisotopic (exact) mass is 337 g/mol. The molecule has 0 bridgehead atoms. The van der Waals surface area contributed by atoms with Crippen LogP contribution in [0.2, 0.25) is 0 Å². The minimum atomic E-state index is -0.386. The molecule has 1 aliphatic heterocycles. The molecule has 1 aromatic rings. The lowest BCUT2D eigenvalue weighted by molar-refractivity contribution is 0.188. The van der Waals surface area contributed by atoms with Gasteiger partial charge in [0.2, 0.25) is 0 Å². The van der Waals surface area contributed by atoms with Gasteiger partial charge in [0.1, 0.15) is 11.5 Å². The smallest absolute Gasteiger partial charge is 0.315 e. The van der Waals surface area contributed by atoms with Crippen molar-refractivity contribution in [2.45, 2.75) is 58.0 Å². The lowest BCUT2D eigenvalue weighted by Crippen LogP contribution is -2.51. The molecule has 2 amide bonds. The fourth-order valence-electron chi connectivity index (χ4n) is 3.18. The zero-order chi connectivity index (χ0) is 17.6. The first-order chi connectivity index (χ1) is 11.5. The molecule has 2 atom stereocenters. The summed E-state index contributed by atoms with van der Waals surface area (Å²) < 4.78 is 5.80. The molecule has 3 N–H and O–H groups in total. The van der Waals surface area contributed by atoms with Crippen LogP contribution in [0.4, 0.5) is 4.79 Å². The van der Waals surface area contributed by atoms with Crippen LogP contribution in [-0.4, -0.2) is 47.8 Å². The quantitative estimate of drug-likeness (QED) is 0.681. The zero-order valence-corrected chi connectivity index (χ0v) is 15.1. The third kappa shape index (κ3) is 4.98. The highest BCUT2D eigenvalue weighted by molar-refractivity contribution is 5.74. The second-order valence-electron chi connectivity index (χ2n) is 6.93. The number of carbonyl (C=O) groups is 1. The highest BCUT2D eigenvalue weighted by Gasteiger charge is 2.28. The fraction of sp³-hybridized carbons (Fsp3) is 0.722. The number of aliphatic hydroxyl groups is 1. The van der Waals surface area contributed by atoms with E-state index in [4.69, 9.17) is 9.52 Å². The average molecular weight is 337 g/mol. The van der Waals surface area contributed by atoms with Crippen molar-refractivity contribution in [3.8, 4) is 0 Å². The zero-order valence-electron chi connectivity index (χ0n) is 15.1. The minimum Gasteiger partial charge on any atom is -0.465 e. The van der Waals surface area contributed by atoms with Gasteiger partial charge in [-0.1, -0.05) is 6.92 Å². The van der Waals surface area contributed by atoms with Crippen molar-refractivity contribution in [3.63, 3.8) is 0 Å². The number of furan rings is 1. The number of aryl methyl sites for hydroxylation is 1. The highest BCUT2D eigenvalue weighted by Crippen LogP contribution is 2.26. The number of amides is 2. The van der Waals surface area contributed by atoms with Crippen LogP contribution >= 0.6 is 0 Å². The molecule has 0 saturated carbocycles. The molecule has 2 heterocycles. The molecular weight excluding hydrogens is 306 g/mol. The fourth-order valence-corrected chi connectivity index (χ4v) is 3.18. The van der Waals surface area contributed by atoms with E-state index in [0.29, 0.717) is 13.0 Å². The van der Waals surface area contributed by atoms with E-state index in [-0.39, 0.29) is 24.2 Å². The Labute approximate surface area is 144 Å². The first kappa shape index (κ1) is 18.8. The van der Waals surface area contributed by atoms with Crippen molar-refractivity contribution < 1.29 is 14.3 Å². The SMILES string of the molecule is CCC(C)(CCO)NC(=O)NCC(c1ccc(C)o1)N1CCCC1. The molecule has 2 rings (SSSR count). The van der Waals surface area contributed by atoms with Crippen molar-refractivity contribution in [1.29, 1.82) is 0 Å². The topological polar surface area (TPSA) is 77.7 Å². The Morgan fingerprint density at radius 2 is 2.12 bits per heavy atom. The number of likely N-dealkylation sites (tertiary alicyclic amines) is 1. The van der Waals surface area contributed by atoms with E-state index in [0.717, 1.165) is 31.0 Å². The van der Waals surface area contributed by atoms with Crippen molar-refractivity contribution >= 4 is 6.03 Å². The molecule has 1 aromatic heterocycles. The molecule has 1 fully saturated rings. The third-order valence-electron chi connectivity index (χ3n) is 4.99. The number of hydrogen-bond donors (Lipinski definition) is 3. The molecule has 1 aliphatic rings. The van der Waals surface area contributed by atoms with E-state index >= 15 is 0 Å². The van der Waals surface area contributed by atoms with Gasteiger partial charge in [-0.3, -0.25) is 4.90 Å². The van der Waals surface area contributed by atoms with Crippen LogP contribution in [0, 0.1) is 6.92 Å². The molecule has 6 nitrogen and oxygen atoms in total. The van der Waals surface area contributed by atoms with Crippen LogP contribution in [0.5, 0.6) is 0 Å². The number of rotatable bonds is 8. The Morgan fingerprint density at radius 1 is 1.42 bits per heavy atom. The number of aliphatic hydroxyl groups excluding tert-OH is 1. The van der Waals surface area contributed by atoms with Gasteiger partial charge in [-0.15, -0.1) is 0 Å². The van der Waals surface area contributed by atoms with Crippen LogP contribution in [0.3, 0.4) is 0 Å². The second-order valence-corrected chi connectivity index (χ2v) is 6.93. The van der Waals surface area contributed by atoms with E-state index in [1.807, 2.05) is 32.9 Å². The summed E-state index contributed by atoms with van der Waals surface area (Å²) in [5.41, 5.74) is -0.386. The number of nitrogens with zero attached hydrogens (tertiary/aromatic N) is 1. The van der Waals surface area contributed by atoms with E-state index in [9.17, 15) is 4.79 Å². The Morgan fingerprint density at radius 3 is 2.67 bits per heavy atom. The van der Waals surface area contributed by atoms with E-state index in [1.165, 1.54) is 12.8 Å². The van der Waals surface area contributed by atoms with Crippen molar-refractivity contribution in [2.75, 3.05) is 26.2 Å². The summed E-state index contributed by atoms with van der Waals surface area (Å²) in [7, 11) is 0. The summed E-state index contributed by atoms with van der Waals surface area (Å²) >= 11 is 0. The Bertz CT molecular complexity index is 525. The summed E-state index contributed by atoms with van der Waals surface area (Å²) in [6.07, 6.45) is 3.69. The molecule has 2 unspecified atom stereocenters. The van der Waals surface area contributed by atoms with Crippen LogP contribution in [-0.2, 0) is 0 Å². The number of hydrogen-bond acceptors (Lipinski definition) is 4. The normalized spacial score (nSPS) is 19.0. The predicted molar refractivity (Wildman–Crippen MR) is 93.9 cm³/mol. The van der Waals surface area contributed by atoms with Gasteiger partial charge in [0.15, 0.2) is 0 Å². The molecule has 0 spiro atoms. The molecule has 1 saturated heterocycles. The molecule has 0 aromatic carbocycles. The summed E-state index contributed by atoms with van der Waals surface area (Å²) in [4.78, 5) is 14.7. The third-order valence-corrected chi connectivity index (χ3v) is 4.99. The van der Waals surface area contributed by atoms with Crippen LogP contribution < -0.4 is 10.6 Å². The van der Waals surface area contributed by atoms with Crippen LogP contribution in [0.25, 0.3) is 0 Å².